The molecule has 0 unspecified atom stereocenters. The van der Waals surface area contributed by atoms with Crippen LogP contribution in [0.3, 0.4) is 0 Å². The maximum atomic E-state index is 2.50. The molecule has 0 saturated carbocycles. The van der Waals surface area contributed by atoms with Gasteiger partial charge in [0.2, 0.25) is 0 Å². The number of hydrogen-bond donors (Lipinski definition) is 0. The van der Waals surface area contributed by atoms with Crippen LogP contribution in [-0.4, -0.2) is 9.13 Å². The number of hydrogen-bond acceptors (Lipinski definition) is 0. The summed E-state index contributed by atoms with van der Waals surface area (Å²) < 4.78 is 5.00. The fourth-order valence-electron chi connectivity index (χ4n) is 9.95. The van der Waals surface area contributed by atoms with Crippen LogP contribution in [0.4, 0.5) is 0 Å². The molecule has 256 valence electrons. The van der Waals surface area contributed by atoms with Gasteiger partial charge in [-0.3, -0.25) is 0 Å². The molecule has 0 N–H and O–H groups in total. The molecule has 2 heterocycles. The molecule has 0 spiro atoms. The van der Waals surface area contributed by atoms with Gasteiger partial charge >= 0.3 is 0 Å². The van der Waals surface area contributed by atoms with E-state index < -0.39 is 0 Å². The van der Waals surface area contributed by atoms with Crippen LogP contribution >= 0.6 is 0 Å². The molecule has 53 heavy (non-hydrogen) atoms. The van der Waals surface area contributed by atoms with Gasteiger partial charge in [-0.05, 0) is 173 Å². The zero-order valence-electron chi connectivity index (χ0n) is 30.3. The minimum atomic E-state index is 1.14. The quantitative estimate of drug-likeness (QED) is 0.164. The first kappa shape index (κ1) is 30.7. The third kappa shape index (κ3) is 4.71. The summed E-state index contributed by atoms with van der Waals surface area (Å²) in [6.07, 6.45) is 27.9. The summed E-state index contributed by atoms with van der Waals surface area (Å²) in [5, 5.41) is 5.19. The molecule has 2 heteroatoms. The van der Waals surface area contributed by atoms with E-state index in [0.29, 0.717) is 0 Å². The van der Waals surface area contributed by atoms with Crippen LogP contribution in [-0.2, 0) is 25.7 Å². The van der Waals surface area contributed by atoms with Crippen molar-refractivity contribution in [2.45, 2.75) is 58.3 Å². The van der Waals surface area contributed by atoms with E-state index in [-0.39, 0.29) is 0 Å². The topological polar surface area (TPSA) is 9.86 Å². The predicted molar refractivity (Wildman–Crippen MR) is 225 cm³/mol. The Morgan fingerprint density at radius 2 is 0.774 bits per heavy atom. The molecule has 0 bridgehead atoms. The summed E-state index contributed by atoms with van der Waals surface area (Å²) in [6, 6.07) is 34.8. The number of aryl methyl sites for hydroxylation is 1. The van der Waals surface area contributed by atoms with E-state index in [0.717, 1.165) is 51.4 Å². The molecule has 7 aromatic rings. The lowest BCUT2D eigenvalue weighted by molar-refractivity contribution is 0.922. The largest absolute Gasteiger partial charge is 0.310 e. The Kier molecular flexibility index (Phi) is 7.02. The molecule has 2 aromatic heterocycles. The van der Waals surface area contributed by atoms with Crippen molar-refractivity contribution in [1.82, 2.24) is 9.13 Å². The SMILES string of the molecule is Cc1ccc2c(-c3ccc(-n4c5c(c6c4C=CCC6)CCC=C5)cc3)c3ccccc3c(-c3ccc(-n4c5c(c6c4C=CCC6)CCC=C5)cc3)c2c1. The van der Waals surface area contributed by atoms with Gasteiger partial charge in [0.25, 0.3) is 0 Å². The maximum Gasteiger partial charge on any atom is 0.0494 e. The fourth-order valence-corrected chi connectivity index (χ4v) is 9.95. The lowest BCUT2D eigenvalue weighted by Crippen LogP contribution is -2.02. The van der Waals surface area contributed by atoms with E-state index in [2.05, 4.69) is 156 Å². The van der Waals surface area contributed by atoms with E-state index in [1.165, 1.54) is 83.5 Å². The zero-order chi connectivity index (χ0) is 35.0. The molecule has 11 rings (SSSR count). The molecule has 4 aliphatic rings. The Balaban J connectivity index is 1.06. The highest BCUT2D eigenvalue weighted by atomic mass is 15.0. The lowest BCUT2D eigenvalue weighted by atomic mass is 9.85. The van der Waals surface area contributed by atoms with Crippen LogP contribution in [0.25, 0.3) is 79.5 Å². The van der Waals surface area contributed by atoms with E-state index in [9.17, 15) is 0 Å². The normalized spacial score (nSPS) is 15.5. The van der Waals surface area contributed by atoms with E-state index in [4.69, 9.17) is 0 Å². The molecular formula is C51H42N2. The minimum Gasteiger partial charge on any atom is -0.310 e. The van der Waals surface area contributed by atoms with Gasteiger partial charge in [0.05, 0.1) is 0 Å². The Labute approximate surface area is 311 Å². The summed E-state index contributed by atoms with van der Waals surface area (Å²) in [6.45, 7) is 2.22. The fraction of sp³-hybridized carbons (Fsp3) is 0.176. The number of nitrogens with zero attached hydrogens (tertiary/aromatic N) is 2. The van der Waals surface area contributed by atoms with E-state index in [1.807, 2.05) is 0 Å². The number of benzene rings is 5. The van der Waals surface area contributed by atoms with Crippen molar-refractivity contribution in [3.05, 3.63) is 166 Å². The summed E-state index contributed by atoms with van der Waals surface area (Å²) in [4.78, 5) is 0. The van der Waals surface area contributed by atoms with Crippen LogP contribution < -0.4 is 0 Å². The first-order valence-electron chi connectivity index (χ1n) is 19.6. The molecule has 5 aromatic carbocycles. The number of aromatic nitrogens is 2. The van der Waals surface area contributed by atoms with E-state index in [1.54, 1.807) is 22.3 Å². The summed E-state index contributed by atoms with van der Waals surface area (Å²) in [5.74, 6) is 0. The molecule has 0 atom stereocenters. The third-order valence-corrected chi connectivity index (χ3v) is 12.3. The number of rotatable bonds is 4. The molecule has 0 saturated heterocycles. The Morgan fingerprint density at radius 1 is 0.396 bits per heavy atom. The highest BCUT2D eigenvalue weighted by molar-refractivity contribution is 6.21. The van der Waals surface area contributed by atoms with Crippen molar-refractivity contribution in [2.24, 2.45) is 0 Å². The molecule has 0 amide bonds. The second-order valence-electron chi connectivity index (χ2n) is 15.3. The first-order valence-corrected chi connectivity index (χ1v) is 19.6. The van der Waals surface area contributed by atoms with Gasteiger partial charge in [0.1, 0.15) is 0 Å². The average Bonchev–Trinajstić information content (AvgIpc) is 3.73. The van der Waals surface area contributed by atoms with Crippen molar-refractivity contribution in [3.63, 3.8) is 0 Å². The highest BCUT2D eigenvalue weighted by Crippen LogP contribution is 2.45. The van der Waals surface area contributed by atoms with Crippen molar-refractivity contribution in [1.29, 1.82) is 0 Å². The monoisotopic (exact) mass is 682 g/mol. The highest BCUT2D eigenvalue weighted by Gasteiger charge is 2.25. The second-order valence-corrected chi connectivity index (χ2v) is 15.3. The first-order chi connectivity index (χ1) is 26.2. The second kappa shape index (κ2) is 12.1. The van der Waals surface area contributed by atoms with Crippen molar-refractivity contribution >= 4 is 45.8 Å². The van der Waals surface area contributed by atoms with Gasteiger partial charge in [0.15, 0.2) is 0 Å². The zero-order valence-corrected chi connectivity index (χ0v) is 30.3. The van der Waals surface area contributed by atoms with Gasteiger partial charge in [-0.1, -0.05) is 96.6 Å². The van der Waals surface area contributed by atoms with Gasteiger partial charge in [-0.15, -0.1) is 0 Å². The Hall–Kier alpha value is -5.86. The van der Waals surface area contributed by atoms with Crippen molar-refractivity contribution in [2.75, 3.05) is 0 Å². The number of allylic oxidation sites excluding steroid dienone is 4. The van der Waals surface area contributed by atoms with E-state index >= 15 is 0 Å². The van der Waals surface area contributed by atoms with Gasteiger partial charge in [-0.2, -0.15) is 0 Å². The molecule has 0 aliphatic heterocycles. The lowest BCUT2D eigenvalue weighted by Gasteiger charge is -2.19. The molecular weight excluding hydrogens is 641 g/mol. The molecule has 0 fully saturated rings. The van der Waals surface area contributed by atoms with Crippen LogP contribution in [0.15, 0.2) is 115 Å². The van der Waals surface area contributed by atoms with Crippen LogP contribution in [0, 0.1) is 6.92 Å². The van der Waals surface area contributed by atoms with Crippen molar-refractivity contribution < 1.29 is 0 Å². The standard InChI is InChI=1S/C51H42N2/c1-33-22-31-44-45(32-33)51(35-25-29-37(30-26-35)53-48-20-10-6-14-40(48)41-15-7-11-21-49(41)53)43-17-3-2-16-42(43)50(44)34-23-27-36(28-24-34)52-46-18-8-4-12-38(46)39-13-5-9-19-47(39)52/h2-3,8-11,16-32H,4-7,12-15H2,1H3. The molecule has 2 nitrogen and oxygen atoms in total. The minimum absolute atomic E-state index is 1.14. The summed E-state index contributed by atoms with van der Waals surface area (Å²) >= 11 is 0. The van der Waals surface area contributed by atoms with Gasteiger partial charge < -0.3 is 9.13 Å². The third-order valence-electron chi connectivity index (χ3n) is 12.3. The van der Waals surface area contributed by atoms with Crippen LogP contribution in [0.5, 0.6) is 0 Å². The Morgan fingerprint density at radius 3 is 1.19 bits per heavy atom. The van der Waals surface area contributed by atoms with Gasteiger partial charge in [0, 0.05) is 34.2 Å². The Bertz CT molecular complexity index is 2670. The van der Waals surface area contributed by atoms with Gasteiger partial charge in [-0.25, -0.2) is 0 Å². The average molecular weight is 683 g/mol. The molecule has 0 radical (unpaired) electrons. The van der Waals surface area contributed by atoms with Crippen molar-refractivity contribution in [3.8, 4) is 33.6 Å². The number of fused-ring (bicyclic) bond motifs is 8. The maximum absolute atomic E-state index is 2.50. The van der Waals surface area contributed by atoms with Crippen LogP contribution in [0.2, 0.25) is 0 Å². The predicted octanol–water partition coefficient (Wildman–Crippen LogP) is 13.1. The van der Waals surface area contributed by atoms with Crippen LogP contribution in [0.1, 0.15) is 76.3 Å². The smallest absolute Gasteiger partial charge is 0.0494 e. The molecule has 4 aliphatic carbocycles. The summed E-state index contributed by atoms with van der Waals surface area (Å²) in [7, 11) is 0. The summed E-state index contributed by atoms with van der Waals surface area (Å²) in [5.41, 5.74) is 20.5.